The fourth-order valence-corrected chi connectivity index (χ4v) is 1.34. The van der Waals surface area contributed by atoms with E-state index in [0.29, 0.717) is 36.7 Å². The van der Waals surface area contributed by atoms with E-state index in [-0.39, 0.29) is 0 Å². The average molecular weight is 223 g/mol. The molecule has 2 heterocycles. The summed E-state index contributed by atoms with van der Waals surface area (Å²) in [6, 6.07) is 0. The number of aromatic nitrogens is 5. The van der Waals surface area contributed by atoms with Crippen molar-refractivity contribution in [1.29, 1.82) is 0 Å². The number of hydrogen-bond donors (Lipinski definition) is 2. The molecule has 2 rings (SSSR count). The van der Waals surface area contributed by atoms with Gasteiger partial charge in [-0.2, -0.15) is 0 Å². The van der Waals surface area contributed by atoms with Crippen LogP contribution in [0.5, 0.6) is 0 Å². The standard InChI is InChI=1S/C8H13N7O/c1-2-16-4-3-15-8-6(13-14-15)7(12-9)10-5-11-8/h5H,2-4,9H2,1H3,(H,10,11,12). The van der Waals surface area contributed by atoms with Crippen LogP contribution in [0, 0.1) is 0 Å². The van der Waals surface area contributed by atoms with Crippen molar-refractivity contribution in [2.75, 3.05) is 18.6 Å². The van der Waals surface area contributed by atoms with E-state index >= 15 is 0 Å². The number of hydrazine groups is 1. The molecule has 0 bridgehead atoms. The Bertz CT molecular complexity index is 468. The molecule has 0 aliphatic heterocycles. The van der Waals surface area contributed by atoms with Crippen LogP contribution in [0.1, 0.15) is 6.92 Å². The molecule has 0 aromatic carbocycles. The second kappa shape index (κ2) is 4.81. The Morgan fingerprint density at radius 3 is 3.12 bits per heavy atom. The summed E-state index contributed by atoms with van der Waals surface area (Å²) in [6.45, 7) is 3.80. The molecule has 2 aromatic heterocycles. The predicted octanol–water partition coefficient (Wildman–Crippen LogP) is -0.457. The molecule has 3 N–H and O–H groups in total. The summed E-state index contributed by atoms with van der Waals surface area (Å²) in [5, 5.41) is 7.92. The van der Waals surface area contributed by atoms with Crippen molar-refractivity contribution < 1.29 is 4.74 Å². The molecular weight excluding hydrogens is 210 g/mol. The highest BCUT2D eigenvalue weighted by Crippen LogP contribution is 2.14. The Labute approximate surface area is 91.8 Å². The number of hydrogen-bond acceptors (Lipinski definition) is 7. The van der Waals surface area contributed by atoms with Gasteiger partial charge in [0.15, 0.2) is 17.0 Å². The minimum Gasteiger partial charge on any atom is -0.380 e. The van der Waals surface area contributed by atoms with Crippen LogP contribution in [0.15, 0.2) is 6.33 Å². The van der Waals surface area contributed by atoms with Crippen molar-refractivity contribution in [2.45, 2.75) is 13.5 Å². The Hall–Kier alpha value is -1.80. The maximum Gasteiger partial charge on any atom is 0.183 e. The van der Waals surface area contributed by atoms with Gasteiger partial charge >= 0.3 is 0 Å². The molecule has 0 spiro atoms. The zero-order valence-corrected chi connectivity index (χ0v) is 8.92. The maximum absolute atomic E-state index is 5.30. The first-order valence-corrected chi connectivity index (χ1v) is 4.95. The van der Waals surface area contributed by atoms with E-state index in [9.17, 15) is 0 Å². The lowest BCUT2D eigenvalue weighted by Gasteiger charge is -2.02. The fourth-order valence-electron chi connectivity index (χ4n) is 1.34. The van der Waals surface area contributed by atoms with Crippen LogP contribution < -0.4 is 11.3 Å². The Morgan fingerprint density at radius 1 is 1.50 bits per heavy atom. The van der Waals surface area contributed by atoms with E-state index in [0.717, 1.165) is 0 Å². The van der Waals surface area contributed by atoms with E-state index in [2.05, 4.69) is 25.7 Å². The number of fused-ring (bicyclic) bond motifs is 1. The number of ether oxygens (including phenoxy) is 1. The number of nitrogens with zero attached hydrogens (tertiary/aromatic N) is 5. The lowest BCUT2D eigenvalue weighted by molar-refractivity contribution is 0.136. The summed E-state index contributed by atoms with van der Waals surface area (Å²) in [6.07, 6.45) is 1.41. The molecule has 0 unspecified atom stereocenters. The third kappa shape index (κ3) is 1.92. The first-order valence-electron chi connectivity index (χ1n) is 4.95. The Kier molecular flexibility index (Phi) is 3.22. The predicted molar refractivity (Wildman–Crippen MR) is 57.4 cm³/mol. The monoisotopic (exact) mass is 223 g/mol. The van der Waals surface area contributed by atoms with Crippen LogP contribution in [-0.2, 0) is 11.3 Å². The van der Waals surface area contributed by atoms with Crippen LogP contribution in [0.4, 0.5) is 5.82 Å². The van der Waals surface area contributed by atoms with Gasteiger partial charge in [-0.1, -0.05) is 5.21 Å². The van der Waals surface area contributed by atoms with Gasteiger partial charge in [-0.15, -0.1) is 5.10 Å². The quantitative estimate of drug-likeness (QED) is 0.401. The summed E-state index contributed by atoms with van der Waals surface area (Å²) < 4.78 is 6.90. The average Bonchev–Trinajstić information content (AvgIpc) is 2.73. The second-order valence-corrected chi connectivity index (χ2v) is 3.05. The molecule has 0 saturated carbocycles. The molecule has 2 aromatic rings. The minimum atomic E-state index is 0.465. The summed E-state index contributed by atoms with van der Waals surface area (Å²) in [4.78, 5) is 8.05. The highest BCUT2D eigenvalue weighted by molar-refractivity contribution is 5.81. The third-order valence-electron chi connectivity index (χ3n) is 2.09. The molecule has 8 nitrogen and oxygen atoms in total. The van der Waals surface area contributed by atoms with E-state index in [1.54, 1.807) is 4.68 Å². The lowest BCUT2D eigenvalue weighted by atomic mass is 10.5. The molecule has 16 heavy (non-hydrogen) atoms. The molecule has 0 fully saturated rings. The normalized spacial score (nSPS) is 10.9. The van der Waals surface area contributed by atoms with E-state index in [1.165, 1.54) is 6.33 Å². The molecule has 86 valence electrons. The van der Waals surface area contributed by atoms with Gasteiger partial charge < -0.3 is 10.2 Å². The Balaban J connectivity index is 2.27. The van der Waals surface area contributed by atoms with Crippen LogP contribution in [-0.4, -0.2) is 38.2 Å². The molecule has 0 radical (unpaired) electrons. The molecule has 0 atom stereocenters. The van der Waals surface area contributed by atoms with Crippen molar-refractivity contribution in [3.05, 3.63) is 6.33 Å². The largest absolute Gasteiger partial charge is 0.380 e. The number of anilines is 1. The number of rotatable bonds is 5. The van der Waals surface area contributed by atoms with Gasteiger partial charge in [0.2, 0.25) is 0 Å². The van der Waals surface area contributed by atoms with Gasteiger partial charge in [-0.3, -0.25) is 0 Å². The first kappa shape index (κ1) is 10.7. The number of nitrogens with two attached hydrogens (primary N) is 1. The van der Waals surface area contributed by atoms with Crippen molar-refractivity contribution in [3.8, 4) is 0 Å². The summed E-state index contributed by atoms with van der Waals surface area (Å²) in [5.41, 5.74) is 3.65. The molecule has 0 aliphatic carbocycles. The van der Waals surface area contributed by atoms with Crippen LogP contribution in [0.2, 0.25) is 0 Å². The number of nitrogens with one attached hydrogen (secondary N) is 1. The van der Waals surface area contributed by atoms with Gasteiger partial charge in [0.25, 0.3) is 0 Å². The third-order valence-corrected chi connectivity index (χ3v) is 2.09. The molecular formula is C8H13N7O. The van der Waals surface area contributed by atoms with Crippen LogP contribution in [0.25, 0.3) is 11.2 Å². The highest BCUT2D eigenvalue weighted by Gasteiger charge is 2.10. The zero-order chi connectivity index (χ0) is 11.4. The summed E-state index contributed by atoms with van der Waals surface area (Å²) >= 11 is 0. The topological polar surface area (TPSA) is 104 Å². The smallest absolute Gasteiger partial charge is 0.183 e. The van der Waals surface area contributed by atoms with Gasteiger partial charge in [0, 0.05) is 6.61 Å². The first-order chi connectivity index (χ1) is 7.86. The van der Waals surface area contributed by atoms with E-state index < -0.39 is 0 Å². The molecule has 0 amide bonds. The second-order valence-electron chi connectivity index (χ2n) is 3.05. The molecule has 0 saturated heterocycles. The SMILES string of the molecule is CCOCCn1nnc2c(NN)ncnc21. The van der Waals surface area contributed by atoms with Crippen molar-refractivity contribution in [1.82, 2.24) is 25.0 Å². The summed E-state index contributed by atoms with van der Waals surface area (Å²) in [7, 11) is 0. The van der Waals surface area contributed by atoms with Crippen LogP contribution >= 0.6 is 0 Å². The molecule has 0 aliphatic rings. The zero-order valence-electron chi connectivity index (χ0n) is 8.92. The molecule has 8 heteroatoms. The van der Waals surface area contributed by atoms with Gasteiger partial charge in [0.1, 0.15) is 6.33 Å². The van der Waals surface area contributed by atoms with Crippen molar-refractivity contribution in [2.24, 2.45) is 5.84 Å². The van der Waals surface area contributed by atoms with Crippen LogP contribution in [0.3, 0.4) is 0 Å². The van der Waals surface area contributed by atoms with Gasteiger partial charge in [-0.05, 0) is 6.92 Å². The van der Waals surface area contributed by atoms with Gasteiger partial charge in [0.05, 0.1) is 13.2 Å². The number of nitrogen functional groups attached to an aromatic ring is 1. The highest BCUT2D eigenvalue weighted by atomic mass is 16.5. The maximum atomic E-state index is 5.30. The van der Waals surface area contributed by atoms with Crippen molar-refractivity contribution in [3.63, 3.8) is 0 Å². The Morgan fingerprint density at radius 2 is 2.38 bits per heavy atom. The minimum absolute atomic E-state index is 0.465. The van der Waals surface area contributed by atoms with E-state index in [4.69, 9.17) is 10.6 Å². The lowest BCUT2D eigenvalue weighted by Crippen LogP contribution is -2.10. The van der Waals surface area contributed by atoms with E-state index in [1.807, 2.05) is 6.92 Å². The summed E-state index contributed by atoms with van der Waals surface area (Å²) in [5.74, 6) is 5.77. The van der Waals surface area contributed by atoms with Crippen molar-refractivity contribution >= 4 is 17.0 Å². The fraction of sp³-hybridized carbons (Fsp3) is 0.500. The van der Waals surface area contributed by atoms with Gasteiger partial charge in [-0.25, -0.2) is 20.5 Å².